The number of rotatable bonds is 6. The van der Waals surface area contributed by atoms with E-state index in [1.54, 1.807) is 0 Å². The molecule has 0 amide bonds. The maximum atomic E-state index is 8.58. The van der Waals surface area contributed by atoms with Crippen LogP contribution in [0.2, 0.25) is 0 Å². The molecular weight excluding hydrogens is 242 g/mol. The van der Waals surface area contributed by atoms with E-state index < -0.39 is 0 Å². The molecule has 2 nitrogen and oxygen atoms in total. The highest BCUT2D eigenvalue weighted by molar-refractivity contribution is 9.10. The van der Waals surface area contributed by atoms with Crippen LogP contribution in [0.4, 0.5) is 0 Å². The van der Waals surface area contributed by atoms with Crippen LogP contribution in [-0.2, 0) is 6.42 Å². The van der Waals surface area contributed by atoms with Crippen molar-refractivity contribution in [2.75, 3.05) is 19.7 Å². The zero-order chi connectivity index (χ0) is 10.2. The van der Waals surface area contributed by atoms with E-state index in [0.29, 0.717) is 0 Å². The lowest BCUT2D eigenvalue weighted by atomic mass is 10.1. The maximum absolute atomic E-state index is 8.58. The summed E-state index contributed by atoms with van der Waals surface area (Å²) in [6.07, 6.45) is 1.85. The van der Waals surface area contributed by atoms with Crippen LogP contribution in [-0.4, -0.2) is 24.8 Å². The molecule has 1 aromatic rings. The summed E-state index contributed by atoms with van der Waals surface area (Å²) in [6.45, 7) is 2.12. The average Bonchev–Trinajstić information content (AvgIpc) is 2.20. The predicted molar refractivity (Wildman–Crippen MR) is 62.4 cm³/mol. The molecule has 0 bridgehead atoms. The van der Waals surface area contributed by atoms with Crippen LogP contribution in [0.5, 0.6) is 0 Å². The molecule has 0 aliphatic carbocycles. The van der Waals surface area contributed by atoms with Gasteiger partial charge < -0.3 is 10.4 Å². The standard InChI is InChI=1S/C11H16BrNO/c12-11-5-2-1-4-10(11)6-8-13-7-3-9-14/h1-2,4-5,13-14H,3,6-9H2. The van der Waals surface area contributed by atoms with Crippen molar-refractivity contribution in [3.63, 3.8) is 0 Å². The van der Waals surface area contributed by atoms with Crippen molar-refractivity contribution >= 4 is 15.9 Å². The van der Waals surface area contributed by atoms with Crippen LogP contribution in [0.1, 0.15) is 12.0 Å². The number of nitrogens with one attached hydrogen (secondary N) is 1. The largest absolute Gasteiger partial charge is 0.396 e. The molecule has 0 saturated heterocycles. The first kappa shape index (κ1) is 11.7. The van der Waals surface area contributed by atoms with Gasteiger partial charge in [0.25, 0.3) is 0 Å². The van der Waals surface area contributed by atoms with Crippen LogP contribution < -0.4 is 5.32 Å². The van der Waals surface area contributed by atoms with Crippen LogP contribution in [0, 0.1) is 0 Å². The minimum absolute atomic E-state index is 0.266. The topological polar surface area (TPSA) is 32.3 Å². The molecule has 1 aromatic carbocycles. The highest BCUT2D eigenvalue weighted by atomic mass is 79.9. The quantitative estimate of drug-likeness (QED) is 0.764. The van der Waals surface area contributed by atoms with Gasteiger partial charge in [0.05, 0.1) is 0 Å². The molecule has 0 aromatic heterocycles. The van der Waals surface area contributed by atoms with E-state index in [-0.39, 0.29) is 6.61 Å². The third-order valence-electron chi connectivity index (χ3n) is 2.04. The number of hydrogen-bond donors (Lipinski definition) is 2. The lowest BCUT2D eigenvalue weighted by molar-refractivity contribution is 0.286. The van der Waals surface area contributed by atoms with Crippen molar-refractivity contribution in [3.05, 3.63) is 34.3 Å². The van der Waals surface area contributed by atoms with Crippen LogP contribution in [0.3, 0.4) is 0 Å². The normalized spacial score (nSPS) is 10.4. The molecule has 0 fully saturated rings. The van der Waals surface area contributed by atoms with Gasteiger partial charge in [-0.3, -0.25) is 0 Å². The second-order valence-corrected chi connectivity index (χ2v) is 4.02. The summed E-state index contributed by atoms with van der Waals surface area (Å²) in [4.78, 5) is 0. The van der Waals surface area contributed by atoms with Crippen molar-refractivity contribution in [1.29, 1.82) is 0 Å². The zero-order valence-corrected chi connectivity index (χ0v) is 9.76. The van der Waals surface area contributed by atoms with Gasteiger partial charge in [0.2, 0.25) is 0 Å². The van der Waals surface area contributed by atoms with Gasteiger partial charge in [-0.05, 0) is 37.6 Å². The number of aliphatic hydroxyl groups is 1. The second-order valence-electron chi connectivity index (χ2n) is 3.17. The Morgan fingerprint density at radius 3 is 2.71 bits per heavy atom. The summed E-state index contributed by atoms with van der Waals surface area (Å²) in [6, 6.07) is 8.25. The minimum atomic E-state index is 0.266. The Morgan fingerprint density at radius 1 is 1.21 bits per heavy atom. The smallest absolute Gasteiger partial charge is 0.0443 e. The maximum Gasteiger partial charge on any atom is 0.0443 e. The van der Waals surface area contributed by atoms with Crippen molar-refractivity contribution in [2.24, 2.45) is 0 Å². The molecule has 0 aliphatic rings. The Kier molecular flexibility index (Phi) is 5.83. The van der Waals surface area contributed by atoms with Gasteiger partial charge in [0.1, 0.15) is 0 Å². The average molecular weight is 258 g/mol. The molecule has 0 atom stereocenters. The van der Waals surface area contributed by atoms with Gasteiger partial charge in [-0.25, -0.2) is 0 Å². The molecule has 0 radical (unpaired) electrons. The zero-order valence-electron chi connectivity index (χ0n) is 8.17. The Bertz CT molecular complexity index is 265. The summed E-state index contributed by atoms with van der Waals surface area (Å²) in [5, 5.41) is 11.9. The van der Waals surface area contributed by atoms with Gasteiger partial charge in [-0.15, -0.1) is 0 Å². The third kappa shape index (κ3) is 4.22. The molecule has 0 heterocycles. The van der Waals surface area contributed by atoms with Gasteiger partial charge in [0, 0.05) is 11.1 Å². The van der Waals surface area contributed by atoms with E-state index in [0.717, 1.165) is 25.9 Å². The van der Waals surface area contributed by atoms with Gasteiger partial charge in [-0.1, -0.05) is 34.1 Å². The Labute approximate surface area is 93.5 Å². The Hall–Kier alpha value is -0.380. The molecule has 14 heavy (non-hydrogen) atoms. The van der Waals surface area contributed by atoms with E-state index in [9.17, 15) is 0 Å². The predicted octanol–water partition coefficient (Wildman–Crippen LogP) is 1.96. The summed E-state index contributed by atoms with van der Waals surface area (Å²) in [5.74, 6) is 0. The number of hydrogen-bond acceptors (Lipinski definition) is 2. The molecule has 2 N–H and O–H groups in total. The lowest BCUT2D eigenvalue weighted by Gasteiger charge is -2.05. The molecule has 0 unspecified atom stereocenters. The van der Waals surface area contributed by atoms with Crippen molar-refractivity contribution < 1.29 is 5.11 Å². The third-order valence-corrected chi connectivity index (χ3v) is 2.81. The van der Waals surface area contributed by atoms with E-state index in [1.807, 2.05) is 12.1 Å². The fraction of sp³-hybridized carbons (Fsp3) is 0.455. The Morgan fingerprint density at radius 2 is 2.00 bits per heavy atom. The van der Waals surface area contributed by atoms with E-state index in [2.05, 4.69) is 33.4 Å². The first-order valence-electron chi connectivity index (χ1n) is 4.89. The van der Waals surface area contributed by atoms with Crippen LogP contribution in [0.25, 0.3) is 0 Å². The number of aliphatic hydroxyl groups excluding tert-OH is 1. The lowest BCUT2D eigenvalue weighted by Crippen LogP contribution is -2.19. The van der Waals surface area contributed by atoms with Crippen LogP contribution >= 0.6 is 15.9 Å². The number of halogens is 1. The summed E-state index contributed by atoms with van der Waals surface area (Å²) in [5.41, 5.74) is 1.32. The second kappa shape index (κ2) is 6.98. The molecule has 0 spiro atoms. The summed E-state index contributed by atoms with van der Waals surface area (Å²) >= 11 is 3.51. The molecular formula is C11H16BrNO. The van der Waals surface area contributed by atoms with E-state index in [1.165, 1.54) is 10.0 Å². The highest BCUT2D eigenvalue weighted by Gasteiger charge is 1.96. The van der Waals surface area contributed by atoms with Gasteiger partial charge in [0.15, 0.2) is 0 Å². The van der Waals surface area contributed by atoms with Crippen molar-refractivity contribution in [1.82, 2.24) is 5.32 Å². The first-order chi connectivity index (χ1) is 6.84. The monoisotopic (exact) mass is 257 g/mol. The fourth-order valence-electron chi connectivity index (χ4n) is 1.25. The highest BCUT2D eigenvalue weighted by Crippen LogP contribution is 2.15. The number of benzene rings is 1. The van der Waals surface area contributed by atoms with Gasteiger partial charge in [-0.2, -0.15) is 0 Å². The van der Waals surface area contributed by atoms with Crippen molar-refractivity contribution in [2.45, 2.75) is 12.8 Å². The molecule has 3 heteroatoms. The van der Waals surface area contributed by atoms with E-state index in [4.69, 9.17) is 5.11 Å². The summed E-state index contributed by atoms with van der Waals surface area (Å²) < 4.78 is 1.17. The van der Waals surface area contributed by atoms with Gasteiger partial charge >= 0.3 is 0 Å². The van der Waals surface area contributed by atoms with Crippen LogP contribution in [0.15, 0.2) is 28.7 Å². The molecule has 0 saturated carbocycles. The Balaban J connectivity index is 2.21. The molecule has 1 rings (SSSR count). The fourth-order valence-corrected chi connectivity index (χ4v) is 1.74. The van der Waals surface area contributed by atoms with E-state index >= 15 is 0 Å². The van der Waals surface area contributed by atoms with Crippen molar-refractivity contribution in [3.8, 4) is 0 Å². The minimum Gasteiger partial charge on any atom is -0.396 e. The SMILES string of the molecule is OCCCNCCc1ccccc1Br. The summed E-state index contributed by atoms with van der Waals surface area (Å²) in [7, 11) is 0. The molecule has 0 aliphatic heterocycles. The first-order valence-corrected chi connectivity index (χ1v) is 5.69. The molecule has 78 valence electrons.